The van der Waals surface area contributed by atoms with Crippen LogP contribution in [0.2, 0.25) is 0 Å². The number of nitrogens with one attached hydrogen (secondary N) is 2. The van der Waals surface area contributed by atoms with Gasteiger partial charge >= 0.3 is 6.18 Å². The second kappa shape index (κ2) is 8.98. The highest BCUT2D eigenvalue weighted by molar-refractivity contribution is 7.89. The topological polar surface area (TPSA) is 84.5 Å². The number of hydrogen-bond acceptors (Lipinski definition) is 4. The van der Waals surface area contributed by atoms with Crippen LogP contribution < -0.4 is 14.8 Å². The van der Waals surface area contributed by atoms with Gasteiger partial charge in [-0.1, -0.05) is 17.9 Å². The molecule has 2 aromatic carbocycles. The minimum Gasteiger partial charge on any atom is -0.495 e. The molecule has 0 aromatic heterocycles. The fourth-order valence-electron chi connectivity index (χ4n) is 2.28. The van der Waals surface area contributed by atoms with Gasteiger partial charge in [-0.2, -0.15) is 13.2 Å². The molecule has 0 aliphatic rings. The van der Waals surface area contributed by atoms with Crippen LogP contribution in [0.25, 0.3) is 0 Å². The Morgan fingerprint density at radius 2 is 1.90 bits per heavy atom. The zero-order valence-electron chi connectivity index (χ0n) is 15.4. The maximum atomic E-state index is 12.7. The summed E-state index contributed by atoms with van der Waals surface area (Å²) in [6.45, 7) is -0.144. The molecule has 10 heteroatoms. The molecule has 0 fully saturated rings. The van der Waals surface area contributed by atoms with E-state index in [0.717, 1.165) is 18.2 Å². The second-order valence-corrected chi connectivity index (χ2v) is 7.49. The third kappa shape index (κ3) is 5.73. The first-order valence-electron chi connectivity index (χ1n) is 8.14. The van der Waals surface area contributed by atoms with Crippen LogP contribution in [-0.4, -0.2) is 35.0 Å². The van der Waals surface area contributed by atoms with Crippen molar-refractivity contribution in [3.05, 3.63) is 59.2 Å². The van der Waals surface area contributed by atoms with Crippen LogP contribution in [0.15, 0.2) is 47.4 Å². The fraction of sp³-hybridized carbons (Fsp3) is 0.211. The van der Waals surface area contributed by atoms with Crippen molar-refractivity contribution in [2.24, 2.45) is 0 Å². The number of halogens is 3. The summed E-state index contributed by atoms with van der Waals surface area (Å²) in [5.74, 6) is 4.56. The number of benzene rings is 2. The maximum Gasteiger partial charge on any atom is 0.416 e. The van der Waals surface area contributed by atoms with Gasteiger partial charge in [0.2, 0.25) is 10.0 Å². The number of carbonyl (C=O) groups is 1. The van der Waals surface area contributed by atoms with E-state index in [2.05, 4.69) is 21.9 Å². The average Bonchev–Trinajstić information content (AvgIpc) is 2.70. The number of methoxy groups -OCH3 is 1. The number of sulfonamides is 1. The molecule has 0 aliphatic carbocycles. The quantitative estimate of drug-likeness (QED) is 0.720. The summed E-state index contributed by atoms with van der Waals surface area (Å²) in [6.07, 6.45) is -4.47. The molecule has 2 aromatic rings. The molecule has 2 rings (SSSR count). The van der Waals surface area contributed by atoms with Crippen molar-refractivity contribution >= 4 is 15.9 Å². The SMILES string of the molecule is CNS(=O)(=O)c1cc(C(=O)NCC#Cc2cccc(C(F)(F)F)c2)ccc1OC. The van der Waals surface area contributed by atoms with Gasteiger partial charge in [0.25, 0.3) is 5.91 Å². The van der Waals surface area contributed by atoms with Crippen molar-refractivity contribution in [2.75, 3.05) is 20.7 Å². The highest BCUT2D eigenvalue weighted by Crippen LogP contribution is 2.29. The van der Waals surface area contributed by atoms with E-state index in [4.69, 9.17) is 4.74 Å². The summed E-state index contributed by atoms with van der Waals surface area (Å²) in [6, 6.07) is 8.38. The van der Waals surface area contributed by atoms with Gasteiger partial charge in [-0.3, -0.25) is 4.79 Å². The van der Waals surface area contributed by atoms with Crippen LogP contribution >= 0.6 is 0 Å². The highest BCUT2D eigenvalue weighted by Gasteiger charge is 2.30. The van der Waals surface area contributed by atoms with E-state index < -0.39 is 27.7 Å². The van der Waals surface area contributed by atoms with Crippen LogP contribution in [0.1, 0.15) is 21.5 Å². The lowest BCUT2D eigenvalue weighted by Gasteiger charge is -2.10. The molecule has 0 spiro atoms. The predicted octanol–water partition coefficient (Wildman–Crippen LogP) is 2.40. The van der Waals surface area contributed by atoms with E-state index in [0.29, 0.717) is 0 Å². The largest absolute Gasteiger partial charge is 0.495 e. The Morgan fingerprint density at radius 1 is 1.17 bits per heavy atom. The zero-order valence-corrected chi connectivity index (χ0v) is 16.2. The molecule has 0 heterocycles. The Morgan fingerprint density at radius 3 is 2.52 bits per heavy atom. The Labute approximate surface area is 166 Å². The lowest BCUT2D eigenvalue weighted by molar-refractivity contribution is -0.137. The summed E-state index contributed by atoms with van der Waals surface area (Å²) in [5.41, 5.74) is -0.605. The van der Waals surface area contributed by atoms with E-state index in [1.54, 1.807) is 0 Å². The summed E-state index contributed by atoms with van der Waals surface area (Å²) in [4.78, 5) is 12.0. The standard InChI is InChI=1S/C19H17F3N2O4S/c1-23-29(26,27)17-12-14(8-9-16(17)28-2)18(25)24-10-4-6-13-5-3-7-15(11-13)19(20,21)22/h3,5,7-9,11-12,23H,10H2,1-2H3,(H,24,25). The summed E-state index contributed by atoms with van der Waals surface area (Å²) < 4.78 is 69.3. The van der Waals surface area contributed by atoms with Crippen molar-refractivity contribution in [2.45, 2.75) is 11.1 Å². The molecule has 0 saturated heterocycles. The molecular weight excluding hydrogens is 409 g/mol. The van der Waals surface area contributed by atoms with Crippen LogP contribution in [0.4, 0.5) is 13.2 Å². The monoisotopic (exact) mass is 426 g/mol. The number of ether oxygens (including phenoxy) is 1. The van der Waals surface area contributed by atoms with Crippen molar-refractivity contribution < 1.29 is 31.1 Å². The van der Waals surface area contributed by atoms with E-state index >= 15 is 0 Å². The fourth-order valence-corrected chi connectivity index (χ4v) is 3.20. The molecule has 0 aliphatic heterocycles. The molecule has 154 valence electrons. The Bertz CT molecular complexity index is 1070. The third-order valence-corrected chi connectivity index (χ3v) is 5.18. The normalized spacial score (nSPS) is 11.3. The van der Waals surface area contributed by atoms with Crippen molar-refractivity contribution in [1.29, 1.82) is 0 Å². The molecule has 0 radical (unpaired) electrons. The number of rotatable bonds is 5. The Hall–Kier alpha value is -3.03. The van der Waals surface area contributed by atoms with E-state index in [-0.39, 0.29) is 28.3 Å². The van der Waals surface area contributed by atoms with Crippen LogP contribution in [0.3, 0.4) is 0 Å². The van der Waals surface area contributed by atoms with E-state index in [1.807, 2.05) is 0 Å². The minimum atomic E-state index is -4.47. The van der Waals surface area contributed by atoms with Crippen LogP contribution in [-0.2, 0) is 16.2 Å². The first-order valence-corrected chi connectivity index (χ1v) is 9.62. The van der Waals surface area contributed by atoms with Crippen LogP contribution in [0.5, 0.6) is 5.75 Å². The van der Waals surface area contributed by atoms with Crippen LogP contribution in [0, 0.1) is 11.8 Å². The number of carbonyl (C=O) groups excluding carboxylic acids is 1. The van der Waals surface area contributed by atoms with Gasteiger partial charge in [0.05, 0.1) is 19.2 Å². The Kier molecular flexibility index (Phi) is 6.89. The predicted molar refractivity (Wildman–Crippen MR) is 99.9 cm³/mol. The molecule has 0 atom stereocenters. The van der Waals surface area contributed by atoms with E-state index in [1.165, 1.54) is 38.4 Å². The smallest absolute Gasteiger partial charge is 0.416 e. The van der Waals surface area contributed by atoms with Crippen molar-refractivity contribution in [1.82, 2.24) is 10.0 Å². The highest BCUT2D eigenvalue weighted by atomic mass is 32.2. The van der Waals surface area contributed by atoms with Gasteiger partial charge in [0.1, 0.15) is 10.6 Å². The van der Waals surface area contributed by atoms with Gasteiger partial charge in [-0.15, -0.1) is 0 Å². The number of amides is 1. The van der Waals surface area contributed by atoms with Gasteiger partial charge in [-0.25, -0.2) is 13.1 Å². The number of hydrogen-bond donors (Lipinski definition) is 2. The molecule has 0 bridgehead atoms. The second-order valence-electron chi connectivity index (χ2n) is 5.64. The summed E-state index contributed by atoms with van der Waals surface area (Å²) in [7, 11) is -1.32. The van der Waals surface area contributed by atoms with Gasteiger partial charge in [0.15, 0.2) is 0 Å². The molecule has 2 N–H and O–H groups in total. The lowest BCUT2D eigenvalue weighted by Crippen LogP contribution is -2.25. The molecule has 0 unspecified atom stereocenters. The van der Waals surface area contributed by atoms with Gasteiger partial charge in [-0.05, 0) is 43.4 Å². The molecule has 29 heavy (non-hydrogen) atoms. The lowest BCUT2D eigenvalue weighted by atomic mass is 10.1. The zero-order chi connectivity index (χ0) is 21.7. The van der Waals surface area contributed by atoms with E-state index in [9.17, 15) is 26.4 Å². The summed E-state index contributed by atoms with van der Waals surface area (Å²) >= 11 is 0. The molecule has 1 amide bonds. The first kappa shape index (κ1) is 22.3. The molecular formula is C19H17F3N2O4S. The van der Waals surface area contributed by atoms with Gasteiger partial charge in [0, 0.05) is 11.1 Å². The average molecular weight is 426 g/mol. The minimum absolute atomic E-state index is 0.0560. The summed E-state index contributed by atoms with van der Waals surface area (Å²) in [5, 5.41) is 2.46. The third-order valence-electron chi connectivity index (χ3n) is 3.74. The van der Waals surface area contributed by atoms with Crippen molar-refractivity contribution in [3.8, 4) is 17.6 Å². The maximum absolute atomic E-state index is 12.7. The van der Waals surface area contributed by atoms with Crippen molar-refractivity contribution in [3.63, 3.8) is 0 Å². The number of alkyl halides is 3. The first-order chi connectivity index (χ1) is 13.6. The van der Waals surface area contributed by atoms with Gasteiger partial charge < -0.3 is 10.1 Å². The Balaban J connectivity index is 2.12. The molecule has 6 nitrogen and oxygen atoms in total. The molecule has 0 saturated carbocycles.